The number of hydrogen-bond donors (Lipinski definition) is 1. The van der Waals surface area contributed by atoms with Crippen LogP contribution >= 0.6 is 23.1 Å². The minimum atomic E-state index is -0.365. The minimum absolute atomic E-state index is 0.0157. The van der Waals surface area contributed by atoms with Crippen molar-refractivity contribution >= 4 is 40.6 Å². The van der Waals surface area contributed by atoms with Gasteiger partial charge in [0.15, 0.2) is 11.0 Å². The zero-order valence-electron chi connectivity index (χ0n) is 24.5. The van der Waals surface area contributed by atoms with Crippen molar-refractivity contribution in [3.05, 3.63) is 124 Å². The van der Waals surface area contributed by atoms with Gasteiger partial charge < -0.3 is 10.1 Å². The van der Waals surface area contributed by atoms with Gasteiger partial charge in [-0.3, -0.25) is 14.2 Å². The molecule has 0 fully saturated rings. The van der Waals surface area contributed by atoms with E-state index in [-0.39, 0.29) is 36.0 Å². The number of hydrogen-bond acceptors (Lipinski definition) is 8. The summed E-state index contributed by atoms with van der Waals surface area (Å²) in [7, 11) is 1.57. The Labute approximate surface area is 267 Å². The molecule has 1 atom stereocenters. The van der Waals surface area contributed by atoms with Crippen LogP contribution in [0.4, 0.5) is 4.39 Å². The maximum atomic E-state index is 13.7. The number of nitrogens with zero attached hydrogens (tertiary/aromatic N) is 5. The van der Waals surface area contributed by atoms with Crippen LogP contribution in [0, 0.1) is 12.7 Å². The fraction of sp³-hybridized carbons (Fsp3) is 0.182. The molecule has 0 spiro atoms. The molecule has 2 aromatic heterocycles. The van der Waals surface area contributed by atoms with Crippen LogP contribution < -0.4 is 10.1 Å². The molecule has 45 heavy (non-hydrogen) atoms. The molecule has 228 valence electrons. The van der Waals surface area contributed by atoms with Gasteiger partial charge in [0.2, 0.25) is 0 Å². The Bertz CT molecular complexity index is 1860. The molecule has 0 saturated carbocycles. The van der Waals surface area contributed by atoms with E-state index < -0.39 is 0 Å². The van der Waals surface area contributed by atoms with Crippen LogP contribution in [0.15, 0.2) is 101 Å². The zero-order valence-corrected chi connectivity index (χ0v) is 26.1. The monoisotopic (exact) mass is 640 g/mol. The molecule has 9 nitrogen and oxygen atoms in total. The number of hydrazone groups is 1. The van der Waals surface area contributed by atoms with Crippen molar-refractivity contribution in [1.82, 2.24) is 25.1 Å². The van der Waals surface area contributed by atoms with Crippen molar-refractivity contribution in [3.8, 4) is 11.4 Å². The lowest BCUT2D eigenvalue weighted by Crippen LogP contribution is -2.28. The quantitative estimate of drug-likeness (QED) is 0.183. The second-order valence-corrected chi connectivity index (χ2v) is 12.2. The lowest BCUT2D eigenvalue weighted by atomic mass is 10.0. The number of thiophene rings is 1. The number of carbonyl (C=O) groups excluding carboxylic acids is 2. The number of amides is 2. The summed E-state index contributed by atoms with van der Waals surface area (Å²) in [6.45, 7) is 2.03. The van der Waals surface area contributed by atoms with Gasteiger partial charge in [-0.1, -0.05) is 59.8 Å². The molecular formula is C33H29FN6O3S2. The number of aryl methyl sites for hydroxylation is 1. The average molecular weight is 641 g/mol. The molecule has 1 aliphatic rings. The number of methoxy groups -OCH3 is 1. The molecule has 3 heterocycles. The van der Waals surface area contributed by atoms with Crippen LogP contribution in [-0.2, 0) is 11.3 Å². The number of nitrogens with one attached hydrogen (secondary N) is 1. The van der Waals surface area contributed by atoms with Crippen LogP contribution in [0.1, 0.15) is 44.6 Å². The van der Waals surface area contributed by atoms with Crippen molar-refractivity contribution in [2.24, 2.45) is 5.10 Å². The van der Waals surface area contributed by atoms with Gasteiger partial charge in [-0.05, 0) is 60.3 Å². The topological polar surface area (TPSA) is 102 Å². The summed E-state index contributed by atoms with van der Waals surface area (Å²) >= 11 is 2.77. The Kier molecular flexibility index (Phi) is 9.03. The first-order valence-corrected chi connectivity index (χ1v) is 16.0. The van der Waals surface area contributed by atoms with Gasteiger partial charge in [-0.15, -0.1) is 21.5 Å². The van der Waals surface area contributed by atoms with E-state index in [0.29, 0.717) is 34.4 Å². The highest BCUT2D eigenvalue weighted by molar-refractivity contribution is 7.99. The maximum Gasteiger partial charge on any atom is 0.253 e. The highest BCUT2D eigenvalue weighted by Gasteiger charge is 2.34. The second kappa shape index (κ2) is 13.4. The van der Waals surface area contributed by atoms with E-state index in [4.69, 9.17) is 9.84 Å². The second-order valence-electron chi connectivity index (χ2n) is 10.3. The fourth-order valence-corrected chi connectivity index (χ4v) is 6.62. The number of benzene rings is 3. The zero-order chi connectivity index (χ0) is 31.3. The third kappa shape index (κ3) is 6.66. The number of rotatable bonds is 10. The van der Waals surface area contributed by atoms with Gasteiger partial charge in [0, 0.05) is 12.0 Å². The SMILES string of the molecule is COc1ccccc1-n1c(CNC(=O)c2cccc(C)c2)nnc1SCC(=O)N1N=C(c2cccs2)C[C@@H]1c1ccc(F)cc1. The molecule has 6 rings (SSSR count). The van der Waals surface area contributed by atoms with Crippen molar-refractivity contribution in [2.75, 3.05) is 12.9 Å². The van der Waals surface area contributed by atoms with Crippen molar-refractivity contribution in [2.45, 2.75) is 31.1 Å². The molecule has 0 aliphatic carbocycles. The Hall–Kier alpha value is -4.81. The molecule has 12 heteroatoms. The first kappa shape index (κ1) is 30.2. The third-order valence-electron chi connectivity index (χ3n) is 7.26. The summed E-state index contributed by atoms with van der Waals surface area (Å²) in [6.07, 6.45) is 0.519. The molecule has 0 unspecified atom stereocenters. The van der Waals surface area contributed by atoms with E-state index >= 15 is 0 Å². The molecule has 5 aromatic rings. The van der Waals surface area contributed by atoms with E-state index in [1.165, 1.54) is 28.9 Å². The van der Waals surface area contributed by atoms with Crippen LogP contribution in [0.5, 0.6) is 5.75 Å². The minimum Gasteiger partial charge on any atom is -0.495 e. The standard InChI is InChI=1S/C33H29FN6O3S2/c1-21-7-5-8-23(17-21)32(42)35-19-30-36-37-33(39(30)26-9-3-4-10-28(26)43-2)45-20-31(41)40-27(22-12-14-24(34)15-13-22)18-25(38-40)29-11-6-16-44-29/h3-17,27H,18-20H2,1-2H3,(H,35,42)/t27-/m1/s1. The Balaban J connectivity index is 1.26. The van der Waals surface area contributed by atoms with Crippen molar-refractivity contribution in [3.63, 3.8) is 0 Å². The summed E-state index contributed by atoms with van der Waals surface area (Å²) in [5.41, 5.74) is 3.80. The van der Waals surface area contributed by atoms with Gasteiger partial charge in [0.25, 0.3) is 11.8 Å². The smallest absolute Gasteiger partial charge is 0.253 e. The Morgan fingerprint density at radius 1 is 1.04 bits per heavy atom. The molecule has 2 amide bonds. The molecule has 1 N–H and O–H groups in total. The van der Waals surface area contributed by atoms with Crippen LogP contribution in [0.3, 0.4) is 0 Å². The number of carbonyl (C=O) groups is 2. The number of ether oxygens (including phenoxy) is 1. The average Bonchev–Trinajstić information content (AvgIpc) is 3.83. The number of aromatic nitrogens is 3. The number of para-hydroxylation sites is 2. The van der Waals surface area contributed by atoms with E-state index in [9.17, 15) is 14.0 Å². The van der Waals surface area contributed by atoms with Gasteiger partial charge in [0.1, 0.15) is 11.6 Å². The van der Waals surface area contributed by atoms with Crippen molar-refractivity contribution in [1.29, 1.82) is 0 Å². The van der Waals surface area contributed by atoms with Gasteiger partial charge in [-0.25, -0.2) is 9.40 Å². The summed E-state index contributed by atoms with van der Waals surface area (Å²) in [5, 5.41) is 20.3. The van der Waals surface area contributed by atoms with Gasteiger partial charge in [0.05, 0.1) is 41.7 Å². The molecule has 0 bridgehead atoms. The van der Waals surface area contributed by atoms with E-state index in [1.807, 2.05) is 66.9 Å². The number of halogens is 1. The molecule has 1 aliphatic heterocycles. The Morgan fingerprint density at radius 2 is 1.87 bits per heavy atom. The molecular weight excluding hydrogens is 612 g/mol. The first-order valence-electron chi connectivity index (χ1n) is 14.2. The summed E-state index contributed by atoms with van der Waals surface area (Å²) in [6, 6.07) is 24.5. The normalized spacial score (nSPS) is 14.3. The summed E-state index contributed by atoms with van der Waals surface area (Å²) < 4.78 is 21.1. The predicted molar refractivity (Wildman–Crippen MR) is 172 cm³/mol. The van der Waals surface area contributed by atoms with E-state index in [0.717, 1.165) is 21.7 Å². The fourth-order valence-electron chi connectivity index (χ4n) is 5.08. The van der Waals surface area contributed by atoms with Gasteiger partial charge >= 0.3 is 0 Å². The maximum absolute atomic E-state index is 13.7. The van der Waals surface area contributed by atoms with Crippen LogP contribution in [0.25, 0.3) is 5.69 Å². The first-order chi connectivity index (χ1) is 21.9. The van der Waals surface area contributed by atoms with Crippen LogP contribution in [0.2, 0.25) is 0 Å². The van der Waals surface area contributed by atoms with E-state index in [1.54, 1.807) is 41.2 Å². The summed E-state index contributed by atoms with van der Waals surface area (Å²) in [5.74, 6) is 0.257. The van der Waals surface area contributed by atoms with E-state index in [2.05, 4.69) is 15.5 Å². The van der Waals surface area contributed by atoms with Gasteiger partial charge in [-0.2, -0.15) is 5.10 Å². The third-order valence-corrected chi connectivity index (χ3v) is 9.10. The lowest BCUT2D eigenvalue weighted by Gasteiger charge is -2.22. The highest BCUT2D eigenvalue weighted by Crippen LogP contribution is 2.35. The predicted octanol–water partition coefficient (Wildman–Crippen LogP) is 6.18. The lowest BCUT2D eigenvalue weighted by molar-refractivity contribution is -0.130. The molecule has 0 saturated heterocycles. The molecule has 0 radical (unpaired) electrons. The Morgan fingerprint density at radius 3 is 2.62 bits per heavy atom. The highest BCUT2D eigenvalue weighted by atomic mass is 32.2. The largest absolute Gasteiger partial charge is 0.495 e. The summed E-state index contributed by atoms with van der Waals surface area (Å²) in [4.78, 5) is 27.6. The van der Waals surface area contributed by atoms with Crippen molar-refractivity contribution < 1.29 is 18.7 Å². The molecule has 3 aromatic carbocycles. The number of thioether (sulfide) groups is 1. The van der Waals surface area contributed by atoms with Crippen LogP contribution in [-0.4, -0.2) is 50.2 Å².